The fraction of sp³-hybridized carbons (Fsp3) is 0.400. The summed E-state index contributed by atoms with van der Waals surface area (Å²) in [4.78, 5) is 20.7. The average Bonchev–Trinajstić information content (AvgIpc) is 3.47. The Labute approximate surface area is 170 Å². The van der Waals surface area contributed by atoms with E-state index in [0.29, 0.717) is 12.0 Å². The van der Waals surface area contributed by atoms with Gasteiger partial charge in [-0.1, -0.05) is 18.9 Å². The number of hydrogen-bond acceptors (Lipinski definition) is 4. The van der Waals surface area contributed by atoms with E-state index in [0.717, 1.165) is 28.7 Å². The maximum Gasteiger partial charge on any atom is 0.490 e. The number of fused-ring (bicyclic) bond motifs is 1. The number of carboxylic acid groups (broad SMARTS) is 1. The monoisotopic (exact) mass is 421 g/mol. The predicted molar refractivity (Wildman–Crippen MR) is 105 cm³/mol. The summed E-state index contributed by atoms with van der Waals surface area (Å²) in [6.45, 7) is 3.93. The third-order valence-corrected chi connectivity index (χ3v) is 5.16. The maximum absolute atomic E-state index is 10.6. The van der Waals surface area contributed by atoms with Crippen molar-refractivity contribution in [3.63, 3.8) is 0 Å². The summed E-state index contributed by atoms with van der Waals surface area (Å²) in [5.41, 5.74) is 2.84. The quantitative estimate of drug-likeness (QED) is 0.579. The van der Waals surface area contributed by atoms with E-state index >= 15 is 0 Å². The molecule has 0 saturated heterocycles. The van der Waals surface area contributed by atoms with Crippen molar-refractivity contribution in [1.82, 2.24) is 24.7 Å². The van der Waals surface area contributed by atoms with Gasteiger partial charge in [0.1, 0.15) is 12.0 Å². The molecule has 0 aromatic carbocycles. The van der Waals surface area contributed by atoms with Crippen LogP contribution >= 0.6 is 0 Å². The number of aromatic amines is 1. The number of allylic oxidation sites excluding steroid dienone is 1. The van der Waals surface area contributed by atoms with Crippen molar-refractivity contribution in [2.24, 2.45) is 5.92 Å². The molecule has 160 valence electrons. The molecule has 1 unspecified atom stereocenters. The predicted octanol–water partition coefficient (Wildman–Crippen LogP) is 4.76. The zero-order valence-corrected chi connectivity index (χ0v) is 16.1. The van der Waals surface area contributed by atoms with Gasteiger partial charge >= 0.3 is 12.1 Å². The SMILES string of the molecule is C=CCC(C1CCCC1)n1cc(-c2ncnc3[nH]ccc23)cn1.O=C(O)C(F)(F)F. The molecule has 0 aliphatic heterocycles. The molecule has 7 nitrogen and oxygen atoms in total. The molecule has 3 aromatic heterocycles. The third-order valence-electron chi connectivity index (χ3n) is 5.16. The number of halogens is 3. The normalized spacial score (nSPS) is 15.6. The Morgan fingerprint density at radius 2 is 2.07 bits per heavy atom. The molecule has 10 heteroatoms. The molecule has 0 bridgehead atoms. The number of aromatic nitrogens is 5. The lowest BCUT2D eigenvalue weighted by atomic mass is 9.95. The Morgan fingerprint density at radius 1 is 1.37 bits per heavy atom. The summed E-state index contributed by atoms with van der Waals surface area (Å²) < 4.78 is 33.9. The number of alkyl halides is 3. The summed E-state index contributed by atoms with van der Waals surface area (Å²) >= 11 is 0. The van der Waals surface area contributed by atoms with Crippen LogP contribution in [0.15, 0.2) is 43.6 Å². The summed E-state index contributed by atoms with van der Waals surface area (Å²) in [6, 6.07) is 2.42. The van der Waals surface area contributed by atoms with Crippen LogP contribution in [0.1, 0.15) is 38.1 Å². The van der Waals surface area contributed by atoms with E-state index in [2.05, 4.69) is 37.5 Å². The van der Waals surface area contributed by atoms with E-state index < -0.39 is 12.1 Å². The molecule has 30 heavy (non-hydrogen) atoms. The van der Waals surface area contributed by atoms with Gasteiger partial charge in [-0.25, -0.2) is 14.8 Å². The van der Waals surface area contributed by atoms with Crippen LogP contribution in [-0.2, 0) is 4.79 Å². The van der Waals surface area contributed by atoms with Crippen LogP contribution in [0.5, 0.6) is 0 Å². The molecule has 0 spiro atoms. The van der Waals surface area contributed by atoms with Gasteiger partial charge in [-0.2, -0.15) is 18.3 Å². The van der Waals surface area contributed by atoms with Crippen molar-refractivity contribution >= 4 is 17.0 Å². The molecule has 1 saturated carbocycles. The topological polar surface area (TPSA) is 96.7 Å². The Morgan fingerprint density at radius 3 is 2.70 bits per heavy atom. The number of aliphatic carboxylic acids is 1. The van der Waals surface area contributed by atoms with E-state index in [1.165, 1.54) is 25.7 Å². The van der Waals surface area contributed by atoms with Gasteiger partial charge < -0.3 is 10.1 Å². The molecular formula is C20H22F3N5O2. The molecule has 1 aliphatic carbocycles. The minimum absolute atomic E-state index is 0.410. The van der Waals surface area contributed by atoms with Crippen LogP contribution in [0.25, 0.3) is 22.3 Å². The van der Waals surface area contributed by atoms with Crippen molar-refractivity contribution in [2.45, 2.75) is 44.3 Å². The van der Waals surface area contributed by atoms with Crippen molar-refractivity contribution < 1.29 is 23.1 Å². The summed E-state index contributed by atoms with van der Waals surface area (Å²) in [5.74, 6) is -2.05. The lowest BCUT2D eigenvalue weighted by Crippen LogP contribution is -2.21. The van der Waals surface area contributed by atoms with E-state index in [4.69, 9.17) is 9.90 Å². The fourth-order valence-electron chi connectivity index (χ4n) is 3.77. The highest BCUT2D eigenvalue weighted by molar-refractivity contribution is 5.89. The highest BCUT2D eigenvalue weighted by Crippen LogP contribution is 2.37. The molecule has 1 fully saturated rings. The summed E-state index contributed by atoms with van der Waals surface area (Å²) in [6.07, 6.45) is 10.7. The summed E-state index contributed by atoms with van der Waals surface area (Å²) in [7, 11) is 0. The number of H-pyrrole nitrogens is 1. The van der Waals surface area contributed by atoms with Crippen molar-refractivity contribution in [3.05, 3.63) is 43.6 Å². The number of nitrogens with zero attached hydrogens (tertiary/aromatic N) is 4. The average molecular weight is 421 g/mol. The first-order chi connectivity index (χ1) is 14.3. The van der Waals surface area contributed by atoms with Crippen LogP contribution in [0, 0.1) is 5.92 Å². The molecule has 1 atom stereocenters. The largest absolute Gasteiger partial charge is 0.490 e. The fourth-order valence-corrected chi connectivity index (χ4v) is 3.77. The molecule has 0 radical (unpaired) electrons. The third kappa shape index (κ3) is 4.87. The highest BCUT2D eigenvalue weighted by Gasteiger charge is 2.38. The van der Waals surface area contributed by atoms with Crippen molar-refractivity contribution in [2.75, 3.05) is 0 Å². The second-order valence-electron chi connectivity index (χ2n) is 7.11. The maximum atomic E-state index is 10.6. The number of rotatable bonds is 5. The minimum atomic E-state index is -5.08. The van der Waals surface area contributed by atoms with E-state index in [9.17, 15) is 13.2 Å². The van der Waals surface area contributed by atoms with Gasteiger partial charge in [0.25, 0.3) is 0 Å². The van der Waals surface area contributed by atoms with Gasteiger partial charge in [-0.05, 0) is 31.2 Å². The van der Waals surface area contributed by atoms with Gasteiger partial charge in [0, 0.05) is 23.3 Å². The van der Waals surface area contributed by atoms with E-state index in [1.54, 1.807) is 6.33 Å². The molecule has 3 heterocycles. The van der Waals surface area contributed by atoms with Crippen molar-refractivity contribution in [1.29, 1.82) is 0 Å². The Kier molecular flexibility index (Phi) is 6.53. The number of carboxylic acids is 1. The Balaban J connectivity index is 0.000000318. The standard InChI is InChI=1S/C18H21N5.C2HF3O2/c1-2-5-16(13-6-3-4-7-13)23-11-14(10-22-23)17-15-8-9-19-18(15)21-12-20-17;3-2(4,5)1(6)7/h2,8-13,16H,1,3-7H2,(H,19,20,21);(H,6,7). The van der Waals surface area contributed by atoms with Crippen LogP contribution in [-0.4, -0.2) is 42.0 Å². The van der Waals surface area contributed by atoms with Gasteiger partial charge in [0.2, 0.25) is 0 Å². The van der Waals surface area contributed by atoms with E-state index in [1.807, 2.05) is 24.5 Å². The summed E-state index contributed by atoms with van der Waals surface area (Å²) in [5, 5.41) is 12.8. The number of hydrogen-bond donors (Lipinski definition) is 2. The van der Waals surface area contributed by atoms with Gasteiger partial charge in [-0.3, -0.25) is 4.68 Å². The van der Waals surface area contributed by atoms with Crippen molar-refractivity contribution in [3.8, 4) is 11.3 Å². The molecule has 4 rings (SSSR count). The Hall–Kier alpha value is -3.17. The van der Waals surface area contributed by atoms with Crippen LogP contribution < -0.4 is 0 Å². The van der Waals surface area contributed by atoms with Crippen LogP contribution in [0.2, 0.25) is 0 Å². The van der Waals surface area contributed by atoms with Gasteiger partial charge in [-0.15, -0.1) is 6.58 Å². The number of carbonyl (C=O) groups is 1. The Bertz CT molecular complexity index is 1010. The second kappa shape index (κ2) is 9.10. The lowest BCUT2D eigenvalue weighted by molar-refractivity contribution is -0.192. The van der Waals surface area contributed by atoms with Crippen LogP contribution in [0.3, 0.4) is 0 Å². The second-order valence-corrected chi connectivity index (χ2v) is 7.11. The molecule has 0 amide bonds. The first-order valence-electron chi connectivity index (χ1n) is 9.55. The number of nitrogens with one attached hydrogen (secondary N) is 1. The molecular weight excluding hydrogens is 399 g/mol. The first kappa shape index (κ1) is 21.5. The zero-order chi connectivity index (χ0) is 21.7. The lowest BCUT2D eigenvalue weighted by Gasteiger charge is -2.22. The first-order valence-corrected chi connectivity index (χ1v) is 9.55. The van der Waals surface area contributed by atoms with Crippen LogP contribution in [0.4, 0.5) is 13.2 Å². The molecule has 3 aromatic rings. The van der Waals surface area contributed by atoms with E-state index in [-0.39, 0.29) is 0 Å². The highest BCUT2D eigenvalue weighted by atomic mass is 19.4. The molecule has 1 aliphatic rings. The minimum Gasteiger partial charge on any atom is -0.475 e. The van der Waals surface area contributed by atoms with Gasteiger partial charge in [0.05, 0.1) is 17.9 Å². The smallest absolute Gasteiger partial charge is 0.475 e. The van der Waals surface area contributed by atoms with Gasteiger partial charge in [0.15, 0.2) is 0 Å². The molecule has 2 N–H and O–H groups in total. The zero-order valence-electron chi connectivity index (χ0n) is 16.1.